The van der Waals surface area contributed by atoms with Crippen molar-refractivity contribution >= 4 is 81.2 Å². The van der Waals surface area contributed by atoms with Crippen LogP contribution in [0.3, 0.4) is 0 Å². The Bertz CT molecular complexity index is 1390. The first-order chi connectivity index (χ1) is 16.5. The van der Waals surface area contributed by atoms with Gasteiger partial charge in [0.2, 0.25) is 5.91 Å². The summed E-state index contributed by atoms with van der Waals surface area (Å²) in [6.07, 6.45) is 0. The standard InChI is InChI=1S/C24H13Cl5FN3O2/c25-14-5-13(6-15(26)8-14)20-21(24(20,28)29)23(35)32-16-3-4-17(27)19(9-16)33-22(34)11-1-2-12(10-31)18(30)7-11/h1-9,20-21H,(H,32,35)(H,33,34). The van der Waals surface area contributed by atoms with Crippen molar-refractivity contribution in [2.24, 2.45) is 5.92 Å². The van der Waals surface area contributed by atoms with Crippen LogP contribution in [-0.4, -0.2) is 16.1 Å². The summed E-state index contributed by atoms with van der Waals surface area (Å²) in [7, 11) is 0. The Balaban J connectivity index is 1.50. The van der Waals surface area contributed by atoms with Crippen LogP contribution in [0.15, 0.2) is 54.6 Å². The van der Waals surface area contributed by atoms with Gasteiger partial charge in [-0.1, -0.05) is 34.8 Å². The average molecular weight is 572 g/mol. The number of alkyl halides is 2. The number of hydrogen-bond acceptors (Lipinski definition) is 3. The minimum absolute atomic E-state index is 0.0120. The van der Waals surface area contributed by atoms with Crippen LogP contribution in [0.2, 0.25) is 15.1 Å². The molecule has 178 valence electrons. The van der Waals surface area contributed by atoms with Crippen LogP contribution in [0, 0.1) is 23.1 Å². The summed E-state index contributed by atoms with van der Waals surface area (Å²) < 4.78 is 12.5. The van der Waals surface area contributed by atoms with Crippen LogP contribution in [-0.2, 0) is 4.79 Å². The van der Waals surface area contributed by atoms with Gasteiger partial charge in [-0.2, -0.15) is 5.26 Å². The number of amides is 2. The molecule has 35 heavy (non-hydrogen) atoms. The summed E-state index contributed by atoms with van der Waals surface area (Å²) in [5.41, 5.74) is 0.932. The molecule has 1 fully saturated rings. The molecule has 2 atom stereocenters. The molecule has 0 aliphatic heterocycles. The number of carbonyl (C=O) groups excluding carboxylic acids is 2. The predicted octanol–water partition coefficient (Wildman–Crippen LogP) is 7.44. The highest BCUT2D eigenvalue weighted by molar-refractivity contribution is 6.53. The minimum Gasteiger partial charge on any atom is -0.326 e. The predicted molar refractivity (Wildman–Crippen MR) is 136 cm³/mol. The summed E-state index contributed by atoms with van der Waals surface area (Å²) in [6, 6.07) is 14.4. The molecule has 1 aliphatic carbocycles. The molecular weight excluding hydrogens is 559 g/mol. The molecule has 2 N–H and O–H groups in total. The van der Waals surface area contributed by atoms with Gasteiger partial charge in [0.05, 0.1) is 22.2 Å². The van der Waals surface area contributed by atoms with Gasteiger partial charge in [-0.15, -0.1) is 23.2 Å². The normalized spacial score (nSPS) is 17.9. The third-order valence-corrected chi connectivity index (χ3v) is 7.12. The number of rotatable bonds is 5. The zero-order chi connectivity index (χ0) is 25.5. The summed E-state index contributed by atoms with van der Waals surface area (Å²) in [4.78, 5) is 25.5. The number of carbonyl (C=O) groups is 2. The quantitative estimate of drug-likeness (QED) is 0.313. The molecule has 0 saturated heterocycles. The lowest BCUT2D eigenvalue weighted by Gasteiger charge is -2.11. The van der Waals surface area contributed by atoms with Crippen LogP contribution in [0.1, 0.15) is 27.4 Å². The molecule has 0 radical (unpaired) electrons. The Morgan fingerprint density at radius 3 is 2.26 bits per heavy atom. The second-order valence-electron chi connectivity index (χ2n) is 7.78. The van der Waals surface area contributed by atoms with Crippen LogP contribution < -0.4 is 10.6 Å². The summed E-state index contributed by atoms with van der Waals surface area (Å²) in [5.74, 6) is -3.24. The number of nitrogens with zero attached hydrogens (tertiary/aromatic N) is 1. The van der Waals surface area contributed by atoms with E-state index in [1.54, 1.807) is 24.3 Å². The molecule has 0 aromatic heterocycles. The van der Waals surface area contributed by atoms with Gasteiger partial charge < -0.3 is 10.6 Å². The van der Waals surface area contributed by atoms with Crippen molar-refractivity contribution in [2.45, 2.75) is 10.3 Å². The third-order valence-electron chi connectivity index (χ3n) is 5.41. The number of halogens is 6. The Kier molecular flexibility index (Phi) is 7.19. The maximum absolute atomic E-state index is 13.9. The van der Waals surface area contributed by atoms with Gasteiger partial charge in [0.15, 0.2) is 0 Å². The van der Waals surface area contributed by atoms with E-state index in [4.69, 9.17) is 63.3 Å². The number of anilines is 2. The van der Waals surface area contributed by atoms with E-state index in [2.05, 4.69) is 10.6 Å². The van der Waals surface area contributed by atoms with Gasteiger partial charge >= 0.3 is 0 Å². The smallest absolute Gasteiger partial charge is 0.255 e. The number of nitrogens with one attached hydrogen (secondary N) is 2. The largest absolute Gasteiger partial charge is 0.326 e. The highest BCUT2D eigenvalue weighted by Gasteiger charge is 2.67. The fraction of sp³-hybridized carbons (Fsp3) is 0.125. The lowest BCUT2D eigenvalue weighted by Crippen LogP contribution is -2.18. The van der Waals surface area contributed by atoms with Crippen LogP contribution in [0.4, 0.5) is 15.8 Å². The van der Waals surface area contributed by atoms with Crippen molar-refractivity contribution < 1.29 is 14.0 Å². The Morgan fingerprint density at radius 2 is 1.63 bits per heavy atom. The van der Waals surface area contributed by atoms with E-state index in [1.165, 1.54) is 30.3 Å². The Morgan fingerprint density at radius 1 is 0.943 bits per heavy atom. The number of hydrogen-bond donors (Lipinski definition) is 2. The molecule has 0 bridgehead atoms. The van der Waals surface area contributed by atoms with Crippen molar-refractivity contribution in [1.29, 1.82) is 5.26 Å². The summed E-state index contributed by atoms with van der Waals surface area (Å²) in [5, 5.41) is 15.1. The van der Waals surface area contributed by atoms with Gasteiger partial charge in [0.1, 0.15) is 16.2 Å². The van der Waals surface area contributed by atoms with Gasteiger partial charge in [0, 0.05) is 27.2 Å². The molecule has 3 aromatic carbocycles. The van der Waals surface area contributed by atoms with Crippen molar-refractivity contribution in [2.75, 3.05) is 10.6 Å². The number of benzene rings is 3. The lowest BCUT2D eigenvalue weighted by atomic mass is 10.1. The van der Waals surface area contributed by atoms with E-state index in [-0.39, 0.29) is 21.8 Å². The fourth-order valence-corrected chi connectivity index (χ4v) is 5.22. The van der Waals surface area contributed by atoms with Gasteiger partial charge in [-0.05, 0) is 60.2 Å². The van der Waals surface area contributed by atoms with E-state index in [9.17, 15) is 14.0 Å². The van der Waals surface area contributed by atoms with Crippen molar-refractivity contribution in [3.05, 3.63) is 92.2 Å². The SMILES string of the molecule is N#Cc1ccc(C(=O)Nc2cc(NC(=O)C3C(c4cc(Cl)cc(Cl)c4)C3(Cl)Cl)ccc2Cl)cc1F. The second kappa shape index (κ2) is 9.85. The number of nitriles is 1. The van der Waals surface area contributed by atoms with E-state index in [1.807, 2.05) is 0 Å². The molecular formula is C24H13Cl5FN3O2. The molecule has 0 heterocycles. The van der Waals surface area contributed by atoms with Crippen LogP contribution in [0.25, 0.3) is 0 Å². The van der Waals surface area contributed by atoms with Gasteiger partial charge in [-0.3, -0.25) is 9.59 Å². The molecule has 11 heteroatoms. The summed E-state index contributed by atoms with van der Waals surface area (Å²) in [6.45, 7) is 0. The van der Waals surface area contributed by atoms with Gasteiger partial charge in [-0.25, -0.2) is 4.39 Å². The third kappa shape index (κ3) is 5.35. The molecule has 4 rings (SSSR count). The first-order valence-corrected chi connectivity index (χ1v) is 11.9. The van der Waals surface area contributed by atoms with E-state index in [0.29, 0.717) is 21.3 Å². The van der Waals surface area contributed by atoms with Crippen molar-refractivity contribution in [3.8, 4) is 6.07 Å². The highest BCUT2D eigenvalue weighted by Crippen LogP contribution is 2.65. The first kappa shape index (κ1) is 25.6. The van der Waals surface area contributed by atoms with Crippen molar-refractivity contribution in [3.63, 3.8) is 0 Å². The van der Waals surface area contributed by atoms with Crippen LogP contribution in [0.5, 0.6) is 0 Å². The fourth-order valence-electron chi connectivity index (χ4n) is 3.68. The zero-order valence-electron chi connectivity index (χ0n) is 17.4. The zero-order valence-corrected chi connectivity index (χ0v) is 21.2. The van der Waals surface area contributed by atoms with E-state index < -0.39 is 33.8 Å². The molecule has 1 saturated carbocycles. The topological polar surface area (TPSA) is 82.0 Å². The molecule has 3 aromatic rings. The van der Waals surface area contributed by atoms with E-state index >= 15 is 0 Å². The highest BCUT2D eigenvalue weighted by atomic mass is 35.5. The van der Waals surface area contributed by atoms with Crippen molar-refractivity contribution in [1.82, 2.24) is 0 Å². The van der Waals surface area contributed by atoms with Crippen LogP contribution >= 0.6 is 58.0 Å². The van der Waals surface area contributed by atoms with E-state index in [0.717, 1.165) is 6.07 Å². The maximum Gasteiger partial charge on any atom is 0.255 e. The molecule has 2 amide bonds. The lowest BCUT2D eigenvalue weighted by molar-refractivity contribution is -0.117. The molecule has 5 nitrogen and oxygen atoms in total. The first-order valence-electron chi connectivity index (χ1n) is 9.96. The Labute approximate surface area is 224 Å². The average Bonchev–Trinajstić information content (AvgIpc) is 3.37. The second-order valence-corrected chi connectivity index (χ2v) is 10.5. The maximum atomic E-state index is 13.9. The summed E-state index contributed by atoms with van der Waals surface area (Å²) >= 11 is 31.1. The monoisotopic (exact) mass is 569 g/mol. The molecule has 0 spiro atoms. The molecule has 1 aliphatic rings. The molecule has 2 unspecified atom stereocenters. The van der Waals surface area contributed by atoms with Gasteiger partial charge in [0.25, 0.3) is 5.91 Å². The Hall–Kier alpha value is -2.53. The minimum atomic E-state index is -1.36.